The highest BCUT2D eigenvalue weighted by atomic mass is 16.5. The van der Waals surface area contributed by atoms with Gasteiger partial charge in [0, 0.05) is 18.1 Å². The highest BCUT2D eigenvalue weighted by Gasteiger charge is 2.18. The fourth-order valence-corrected chi connectivity index (χ4v) is 2.32. The molecule has 0 bridgehead atoms. The number of carbonyl (C=O) groups excluding carboxylic acids is 1. The van der Waals surface area contributed by atoms with E-state index in [1.54, 1.807) is 0 Å². The number of hydrogen-bond acceptors (Lipinski definition) is 3. The van der Waals surface area contributed by atoms with E-state index in [1.165, 1.54) is 0 Å². The van der Waals surface area contributed by atoms with E-state index in [0.29, 0.717) is 6.61 Å². The van der Waals surface area contributed by atoms with Crippen LogP contribution in [0.2, 0.25) is 0 Å². The second-order valence-electron chi connectivity index (χ2n) is 5.18. The summed E-state index contributed by atoms with van der Waals surface area (Å²) in [4.78, 5) is 12.4. The Balaban J connectivity index is 1.87. The zero-order valence-corrected chi connectivity index (χ0v) is 12.5. The number of ketones is 1. The van der Waals surface area contributed by atoms with E-state index >= 15 is 0 Å². The lowest BCUT2D eigenvalue weighted by molar-refractivity contribution is -0.117. The number of hydrogen-bond donors (Lipinski definition) is 1. The Kier molecular flexibility index (Phi) is 6.38. The van der Waals surface area contributed by atoms with Crippen LogP contribution in [0.1, 0.15) is 12.8 Å². The van der Waals surface area contributed by atoms with Gasteiger partial charge in [-0.15, -0.1) is 0 Å². The number of nitrogens with one attached hydrogen (secondary N) is 1. The molecule has 0 aromatic heterocycles. The van der Waals surface area contributed by atoms with Crippen LogP contribution >= 0.6 is 0 Å². The van der Waals surface area contributed by atoms with Crippen molar-refractivity contribution in [2.24, 2.45) is 5.92 Å². The number of Topliss-reactive ketones (excluding diaryl/α,β-unsaturated/α-hetero) is 1. The average molecular weight is 285 g/mol. The molecule has 0 aromatic rings. The van der Waals surface area contributed by atoms with Gasteiger partial charge in [-0.3, -0.25) is 4.79 Å². The van der Waals surface area contributed by atoms with Crippen LogP contribution in [0.5, 0.6) is 0 Å². The first kappa shape index (κ1) is 15.7. The van der Waals surface area contributed by atoms with Crippen molar-refractivity contribution in [2.45, 2.75) is 18.9 Å². The topological polar surface area (TPSA) is 38.3 Å². The van der Waals surface area contributed by atoms with Gasteiger partial charge in [0.2, 0.25) is 0 Å². The van der Waals surface area contributed by atoms with Crippen LogP contribution in [0.25, 0.3) is 0 Å². The molecule has 1 N–H and O–H groups in total. The molecule has 2 aliphatic rings. The van der Waals surface area contributed by atoms with Gasteiger partial charge >= 0.3 is 0 Å². The summed E-state index contributed by atoms with van der Waals surface area (Å²) in [6.45, 7) is 1.66. The Bertz CT molecular complexity index is 497. The van der Waals surface area contributed by atoms with Crippen molar-refractivity contribution >= 4 is 5.78 Å². The number of allylic oxidation sites excluding steroid dienone is 8. The molecule has 0 radical (unpaired) electrons. The van der Waals surface area contributed by atoms with Gasteiger partial charge in [-0.2, -0.15) is 0 Å². The molecule has 0 aromatic carbocycles. The largest absolute Gasteiger partial charge is 0.370 e. The Hall–Kier alpha value is -1.71. The lowest BCUT2D eigenvalue weighted by Crippen LogP contribution is -2.15. The van der Waals surface area contributed by atoms with Gasteiger partial charge < -0.3 is 10.1 Å². The molecule has 2 atom stereocenters. The van der Waals surface area contributed by atoms with E-state index in [2.05, 4.69) is 5.32 Å². The highest BCUT2D eigenvalue weighted by molar-refractivity contribution is 6.01. The third kappa shape index (κ3) is 4.96. The van der Waals surface area contributed by atoms with E-state index < -0.39 is 0 Å². The number of rotatable bonds is 7. The molecule has 21 heavy (non-hydrogen) atoms. The predicted molar refractivity (Wildman–Crippen MR) is 86.0 cm³/mol. The van der Waals surface area contributed by atoms with Crippen LogP contribution in [0, 0.1) is 5.92 Å². The normalized spacial score (nSPS) is 24.0. The predicted octanol–water partition coefficient (Wildman–Crippen LogP) is 2.73. The third-order valence-corrected chi connectivity index (χ3v) is 3.53. The Morgan fingerprint density at radius 2 is 2.19 bits per heavy atom. The van der Waals surface area contributed by atoms with Crippen LogP contribution in [0.15, 0.2) is 60.3 Å². The van der Waals surface area contributed by atoms with Gasteiger partial charge in [0.05, 0.1) is 6.10 Å². The van der Waals surface area contributed by atoms with Gasteiger partial charge in [0.15, 0.2) is 5.78 Å². The van der Waals surface area contributed by atoms with Crippen molar-refractivity contribution in [1.29, 1.82) is 0 Å². The molecule has 3 heteroatoms. The molecule has 2 unspecified atom stereocenters. The van der Waals surface area contributed by atoms with Crippen molar-refractivity contribution in [3.8, 4) is 0 Å². The fraction of sp³-hybridized carbons (Fsp3) is 0.389. The minimum absolute atomic E-state index is 0.0348. The second kappa shape index (κ2) is 8.55. The number of carbonyl (C=O) groups is 1. The van der Waals surface area contributed by atoms with Gasteiger partial charge in [-0.25, -0.2) is 0 Å². The lowest BCUT2D eigenvalue weighted by atomic mass is 9.91. The Labute approximate surface area is 126 Å². The summed E-state index contributed by atoms with van der Waals surface area (Å²) in [5.41, 5.74) is 0.748. The molecule has 2 aliphatic carbocycles. The van der Waals surface area contributed by atoms with E-state index in [0.717, 1.165) is 25.0 Å². The molecule has 0 saturated carbocycles. The van der Waals surface area contributed by atoms with E-state index in [9.17, 15) is 4.79 Å². The lowest BCUT2D eigenvalue weighted by Gasteiger charge is -2.12. The summed E-state index contributed by atoms with van der Waals surface area (Å²) in [7, 11) is 1.93. The summed E-state index contributed by atoms with van der Waals surface area (Å²) in [6.07, 6.45) is 19.3. The smallest absolute Gasteiger partial charge is 0.170 e. The van der Waals surface area contributed by atoms with Crippen LogP contribution in [0.3, 0.4) is 0 Å². The third-order valence-electron chi connectivity index (χ3n) is 3.53. The summed E-state index contributed by atoms with van der Waals surface area (Å²) in [5.74, 6) is 0.139. The average Bonchev–Trinajstić information content (AvgIpc) is 2.77. The molecule has 0 fully saturated rings. The molecule has 0 heterocycles. The Morgan fingerprint density at radius 3 is 2.95 bits per heavy atom. The molecule has 0 aliphatic heterocycles. The first-order chi connectivity index (χ1) is 10.3. The van der Waals surface area contributed by atoms with Crippen molar-refractivity contribution in [3.63, 3.8) is 0 Å². The van der Waals surface area contributed by atoms with Crippen LogP contribution in [-0.4, -0.2) is 32.1 Å². The van der Waals surface area contributed by atoms with Gasteiger partial charge in [-0.1, -0.05) is 54.7 Å². The van der Waals surface area contributed by atoms with Crippen molar-refractivity contribution < 1.29 is 9.53 Å². The van der Waals surface area contributed by atoms with Crippen LogP contribution in [0.4, 0.5) is 0 Å². The molecule has 0 amide bonds. The second-order valence-corrected chi connectivity index (χ2v) is 5.18. The van der Waals surface area contributed by atoms with E-state index in [-0.39, 0.29) is 17.8 Å². The molecule has 3 nitrogen and oxygen atoms in total. The summed E-state index contributed by atoms with van der Waals surface area (Å²) >= 11 is 0. The summed E-state index contributed by atoms with van der Waals surface area (Å²) in [5, 5.41) is 3.09. The molecular weight excluding hydrogens is 262 g/mol. The molecular formula is C18H23NO2. The van der Waals surface area contributed by atoms with E-state index in [4.69, 9.17) is 4.74 Å². The van der Waals surface area contributed by atoms with Crippen molar-refractivity contribution in [1.82, 2.24) is 5.32 Å². The molecule has 112 valence electrons. The fourth-order valence-electron chi connectivity index (χ4n) is 2.32. The van der Waals surface area contributed by atoms with Crippen molar-refractivity contribution in [2.75, 3.05) is 20.2 Å². The monoisotopic (exact) mass is 285 g/mol. The summed E-state index contributed by atoms with van der Waals surface area (Å²) in [6, 6.07) is 0. The SMILES string of the molecule is CNCCCOC1C=CC=C(C(=O)C2C=CC=CC2)C=C1. The van der Waals surface area contributed by atoms with Gasteiger partial charge in [0.1, 0.15) is 0 Å². The first-order valence-electron chi connectivity index (χ1n) is 7.51. The zero-order valence-electron chi connectivity index (χ0n) is 12.5. The maximum absolute atomic E-state index is 12.4. The minimum Gasteiger partial charge on any atom is -0.370 e. The summed E-state index contributed by atoms with van der Waals surface area (Å²) < 4.78 is 5.76. The molecule has 2 rings (SSSR count). The van der Waals surface area contributed by atoms with Crippen LogP contribution < -0.4 is 5.32 Å². The maximum atomic E-state index is 12.4. The van der Waals surface area contributed by atoms with E-state index in [1.807, 2.05) is 61.7 Å². The maximum Gasteiger partial charge on any atom is 0.170 e. The quantitative estimate of drug-likeness (QED) is 0.731. The highest BCUT2D eigenvalue weighted by Crippen LogP contribution is 2.19. The molecule has 0 saturated heterocycles. The van der Waals surface area contributed by atoms with Gasteiger partial charge in [-0.05, 0) is 26.4 Å². The first-order valence-corrected chi connectivity index (χ1v) is 7.51. The van der Waals surface area contributed by atoms with Gasteiger partial charge in [0.25, 0.3) is 0 Å². The standard InChI is InChI=1S/C18H23NO2/c1-19-13-6-14-21-17-10-5-9-16(11-12-17)18(20)15-7-3-2-4-8-15/h2-5,7,9-12,15,17,19H,6,8,13-14H2,1H3. The molecule has 0 spiro atoms. The minimum atomic E-state index is -0.0507. The van der Waals surface area contributed by atoms with Crippen molar-refractivity contribution in [3.05, 3.63) is 60.3 Å². The number of ether oxygens (including phenoxy) is 1. The zero-order chi connectivity index (χ0) is 14.9. The Morgan fingerprint density at radius 1 is 1.29 bits per heavy atom. The van der Waals surface area contributed by atoms with Crippen LogP contribution in [-0.2, 0) is 9.53 Å².